The summed E-state index contributed by atoms with van der Waals surface area (Å²) < 4.78 is 1.25. The first-order valence-electron chi connectivity index (χ1n) is 16.5. The molecule has 48 heavy (non-hydrogen) atoms. The average Bonchev–Trinajstić information content (AvgIpc) is 3.47. The molecular weight excluding hydrogens is 632 g/mol. The highest BCUT2D eigenvalue weighted by Gasteiger charge is 2.48. The van der Waals surface area contributed by atoms with Crippen molar-refractivity contribution < 1.29 is 24.0 Å². The summed E-state index contributed by atoms with van der Waals surface area (Å²) >= 11 is 1.16. The van der Waals surface area contributed by atoms with E-state index in [-0.39, 0.29) is 41.9 Å². The average molecular weight is 673 g/mol. The van der Waals surface area contributed by atoms with Gasteiger partial charge in [-0.25, -0.2) is 4.98 Å². The summed E-state index contributed by atoms with van der Waals surface area (Å²) in [5, 5.41) is 11.3. The molecule has 4 fully saturated rings. The number of nitrogens with zero attached hydrogens (tertiary/aromatic N) is 2. The second kappa shape index (κ2) is 14.2. The van der Waals surface area contributed by atoms with E-state index in [1.807, 2.05) is 30.3 Å². The third-order valence-corrected chi connectivity index (χ3v) is 11.1. The van der Waals surface area contributed by atoms with Gasteiger partial charge >= 0.3 is 0 Å². The van der Waals surface area contributed by atoms with Crippen LogP contribution in [-0.2, 0) is 25.7 Å². The number of benzene rings is 1. The van der Waals surface area contributed by atoms with E-state index in [0.29, 0.717) is 22.5 Å². The Morgan fingerprint density at radius 3 is 2.31 bits per heavy atom. The molecule has 4 N–H and O–H groups in total. The van der Waals surface area contributed by atoms with Gasteiger partial charge < -0.3 is 25.8 Å². The van der Waals surface area contributed by atoms with Crippen molar-refractivity contribution in [3.8, 4) is 10.6 Å². The number of rotatable bonds is 12. The standard InChI is InChI=1S/C35H40N6O6S/c1-19-30(48-34(37-19)22-7-4-3-5-8-22)33(46)38-25(10-11-27(42)32(45)36-2)31(44)39-26-9-6-12-41(35(26)47)18-28(43)40-29-23-14-20-13-21(16-23)17-24(29)15-20/h3-9,12,20-21,23-25,29H,10-11,13-18H2,1-2H3,(H,36,45)(H,38,46)(H,39,44)(H,40,43)/t20?,21?,23?,24?,25-,29?/m0/s1. The van der Waals surface area contributed by atoms with Gasteiger partial charge in [-0.05, 0) is 81.3 Å². The maximum atomic E-state index is 13.6. The minimum absolute atomic E-state index is 0.0814. The van der Waals surface area contributed by atoms with Crippen molar-refractivity contribution in [3.63, 3.8) is 0 Å². The lowest BCUT2D eigenvalue weighted by atomic mass is 9.54. The van der Waals surface area contributed by atoms with E-state index in [2.05, 4.69) is 26.3 Å². The molecule has 2 heterocycles. The van der Waals surface area contributed by atoms with Crippen LogP contribution in [0.5, 0.6) is 0 Å². The molecule has 252 valence electrons. The molecule has 4 aliphatic carbocycles. The van der Waals surface area contributed by atoms with Crippen molar-refractivity contribution in [3.05, 3.63) is 69.6 Å². The Morgan fingerprint density at radius 1 is 0.958 bits per heavy atom. The van der Waals surface area contributed by atoms with Crippen LogP contribution in [0.1, 0.15) is 60.3 Å². The van der Waals surface area contributed by atoms with Crippen LogP contribution in [0.3, 0.4) is 0 Å². The summed E-state index contributed by atoms with van der Waals surface area (Å²) in [5.74, 6) is -0.596. The van der Waals surface area contributed by atoms with Gasteiger partial charge in [0.2, 0.25) is 17.6 Å². The first-order chi connectivity index (χ1) is 23.1. The van der Waals surface area contributed by atoms with E-state index in [1.165, 1.54) is 30.3 Å². The second-order valence-electron chi connectivity index (χ2n) is 13.2. The highest BCUT2D eigenvalue weighted by molar-refractivity contribution is 7.17. The number of pyridine rings is 1. The van der Waals surface area contributed by atoms with Crippen molar-refractivity contribution in [2.75, 3.05) is 12.4 Å². The topological polar surface area (TPSA) is 168 Å². The first kappa shape index (κ1) is 33.3. The summed E-state index contributed by atoms with van der Waals surface area (Å²) in [6, 6.07) is 11.2. The molecule has 1 aromatic carbocycles. The summed E-state index contributed by atoms with van der Waals surface area (Å²) in [5.41, 5.74) is 0.641. The van der Waals surface area contributed by atoms with Crippen LogP contribution in [0.4, 0.5) is 5.69 Å². The van der Waals surface area contributed by atoms with E-state index in [4.69, 9.17) is 0 Å². The molecular formula is C35H40N6O6S. The smallest absolute Gasteiger partial charge is 0.287 e. The van der Waals surface area contributed by atoms with Crippen LogP contribution in [0.25, 0.3) is 10.6 Å². The van der Waals surface area contributed by atoms with Crippen LogP contribution in [-0.4, -0.2) is 58.1 Å². The second-order valence-corrected chi connectivity index (χ2v) is 14.2. The number of amides is 4. The molecule has 3 aromatic rings. The van der Waals surface area contributed by atoms with E-state index >= 15 is 0 Å². The van der Waals surface area contributed by atoms with E-state index < -0.39 is 35.1 Å². The largest absolute Gasteiger partial charge is 0.353 e. The maximum Gasteiger partial charge on any atom is 0.287 e. The van der Waals surface area contributed by atoms with Crippen molar-refractivity contribution in [1.29, 1.82) is 0 Å². The molecule has 1 atom stereocenters. The molecule has 13 heteroatoms. The Bertz CT molecular complexity index is 1760. The molecule has 4 amide bonds. The van der Waals surface area contributed by atoms with Crippen molar-refractivity contribution in [2.45, 2.75) is 70.5 Å². The lowest BCUT2D eigenvalue weighted by Crippen LogP contribution is -2.56. The molecule has 0 spiro atoms. The zero-order valence-electron chi connectivity index (χ0n) is 27.0. The number of carbonyl (C=O) groups excluding carboxylic acids is 5. The number of thiazole rings is 1. The van der Waals surface area contributed by atoms with E-state index in [0.717, 1.165) is 54.4 Å². The van der Waals surface area contributed by atoms with Gasteiger partial charge in [-0.15, -0.1) is 11.3 Å². The van der Waals surface area contributed by atoms with Crippen LogP contribution in [0.15, 0.2) is 53.5 Å². The van der Waals surface area contributed by atoms with Crippen LogP contribution in [0.2, 0.25) is 0 Å². The fourth-order valence-electron chi connectivity index (χ4n) is 7.86. The summed E-state index contributed by atoms with van der Waals surface area (Å²) in [6.45, 7) is 1.49. The number of aromatic nitrogens is 2. The lowest BCUT2D eigenvalue weighted by Gasteiger charge is -2.54. The normalized spacial score (nSPS) is 22.8. The molecule has 0 unspecified atom stereocenters. The fraction of sp³-hybridized carbons (Fsp3) is 0.457. The number of likely N-dealkylation sites (N-methyl/N-ethyl adjacent to an activating group) is 1. The van der Waals surface area contributed by atoms with Gasteiger partial charge in [0.1, 0.15) is 28.2 Å². The number of hydrogen-bond acceptors (Lipinski definition) is 8. The molecule has 0 saturated heterocycles. The lowest BCUT2D eigenvalue weighted by molar-refractivity contribution is -0.137. The zero-order valence-corrected chi connectivity index (χ0v) is 27.8. The third-order valence-electron chi connectivity index (χ3n) is 9.93. The summed E-state index contributed by atoms with van der Waals surface area (Å²) in [4.78, 5) is 82.4. The number of ketones is 1. The number of carbonyl (C=O) groups is 5. The predicted molar refractivity (Wildman–Crippen MR) is 180 cm³/mol. The van der Waals surface area contributed by atoms with E-state index in [1.54, 1.807) is 13.0 Å². The molecule has 2 aromatic heterocycles. The van der Waals surface area contributed by atoms with Gasteiger partial charge in [-0.1, -0.05) is 30.3 Å². The SMILES string of the molecule is CNC(=O)C(=O)CC[C@H](NC(=O)c1sc(-c2ccccc2)nc1C)C(=O)Nc1cccn(CC(=O)NC2C3CC4CC(C3)CC2C4)c1=O. The molecule has 4 bridgehead atoms. The summed E-state index contributed by atoms with van der Waals surface area (Å²) in [6.07, 6.45) is 6.92. The molecule has 7 rings (SSSR count). The molecule has 4 aliphatic rings. The monoisotopic (exact) mass is 672 g/mol. The fourth-order valence-corrected chi connectivity index (χ4v) is 8.83. The van der Waals surface area contributed by atoms with Crippen molar-refractivity contribution >= 4 is 46.4 Å². The first-order valence-corrected chi connectivity index (χ1v) is 17.3. The Balaban J connectivity index is 1.14. The predicted octanol–water partition coefficient (Wildman–Crippen LogP) is 3.05. The zero-order chi connectivity index (χ0) is 33.9. The van der Waals surface area contributed by atoms with Crippen molar-refractivity contribution in [2.24, 2.45) is 23.7 Å². The Kier molecular flexibility index (Phi) is 9.86. The number of nitrogens with one attached hydrogen (secondary N) is 4. The maximum absolute atomic E-state index is 13.6. The molecule has 4 saturated carbocycles. The Labute approximate surface area is 282 Å². The number of Topliss-reactive ketones (excluding diaryl/α,β-unsaturated/α-hetero) is 1. The highest BCUT2D eigenvalue weighted by Crippen LogP contribution is 2.53. The van der Waals surface area contributed by atoms with E-state index in [9.17, 15) is 28.8 Å². The van der Waals surface area contributed by atoms with Gasteiger partial charge in [0, 0.05) is 31.3 Å². The Hall–Kier alpha value is -4.65. The number of aryl methyl sites for hydroxylation is 1. The van der Waals surface area contributed by atoms with Gasteiger partial charge in [-0.2, -0.15) is 0 Å². The van der Waals surface area contributed by atoms with Gasteiger partial charge in [0.05, 0.1) is 5.69 Å². The summed E-state index contributed by atoms with van der Waals surface area (Å²) in [7, 11) is 1.33. The molecule has 0 aliphatic heterocycles. The quantitative estimate of drug-likeness (QED) is 0.215. The van der Waals surface area contributed by atoms with Crippen LogP contribution in [0, 0.1) is 30.6 Å². The van der Waals surface area contributed by atoms with Gasteiger partial charge in [-0.3, -0.25) is 28.8 Å². The van der Waals surface area contributed by atoms with Gasteiger partial charge in [0.15, 0.2) is 0 Å². The minimum Gasteiger partial charge on any atom is -0.353 e. The number of hydrogen-bond donors (Lipinski definition) is 4. The van der Waals surface area contributed by atoms with Crippen LogP contribution < -0.4 is 26.8 Å². The highest BCUT2D eigenvalue weighted by atomic mass is 32.1. The minimum atomic E-state index is -1.26. The van der Waals surface area contributed by atoms with Gasteiger partial charge in [0.25, 0.3) is 17.4 Å². The number of anilines is 1. The third kappa shape index (κ3) is 7.25. The molecule has 12 nitrogen and oxygen atoms in total. The molecule has 0 radical (unpaired) electrons. The Morgan fingerprint density at radius 2 is 1.65 bits per heavy atom. The van der Waals surface area contributed by atoms with Crippen molar-refractivity contribution in [1.82, 2.24) is 25.5 Å². The van der Waals surface area contributed by atoms with Crippen LogP contribution >= 0.6 is 11.3 Å².